The smallest absolute Gasteiger partial charge is 0.334 e. The lowest BCUT2D eigenvalue weighted by molar-refractivity contribution is -0.155. The number of unbranched alkanes of at least 4 members (excludes halogenated alkanes) is 1. The van der Waals surface area contributed by atoms with E-state index in [0.29, 0.717) is 19.6 Å². The molecule has 4 heteroatoms. The first-order valence-corrected chi connectivity index (χ1v) is 5.92. The van der Waals surface area contributed by atoms with E-state index >= 15 is 0 Å². The van der Waals surface area contributed by atoms with E-state index in [-0.39, 0.29) is 12.1 Å². The number of carbonyl (C=O) groups excluding carboxylic acids is 1. The standard InChI is InChI=1S/C12H24O4/c1-5-6-7-11(12(13)14-4)16-9-8-15-10(2)3/h10-11H,5-9H2,1-4H3. The number of esters is 1. The van der Waals surface area contributed by atoms with E-state index in [1.165, 1.54) is 7.11 Å². The quantitative estimate of drug-likeness (QED) is 0.451. The molecule has 0 aromatic rings. The van der Waals surface area contributed by atoms with Gasteiger partial charge in [0, 0.05) is 0 Å². The van der Waals surface area contributed by atoms with Crippen LogP contribution in [0.1, 0.15) is 40.0 Å². The molecule has 0 heterocycles. The molecule has 0 aromatic heterocycles. The molecule has 0 aliphatic rings. The normalized spacial score (nSPS) is 12.8. The molecule has 96 valence electrons. The molecule has 0 N–H and O–H groups in total. The Morgan fingerprint density at radius 2 is 1.81 bits per heavy atom. The topological polar surface area (TPSA) is 44.8 Å². The Bertz CT molecular complexity index is 180. The van der Waals surface area contributed by atoms with Gasteiger partial charge in [0.05, 0.1) is 26.4 Å². The predicted molar refractivity (Wildman–Crippen MR) is 62.4 cm³/mol. The highest BCUT2D eigenvalue weighted by atomic mass is 16.6. The van der Waals surface area contributed by atoms with Crippen molar-refractivity contribution in [3.63, 3.8) is 0 Å². The van der Waals surface area contributed by atoms with Crippen LogP contribution < -0.4 is 0 Å². The molecule has 0 fully saturated rings. The minimum absolute atomic E-state index is 0.191. The molecule has 0 saturated heterocycles. The molecule has 0 amide bonds. The van der Waals surface area contributed by atoms with Gasteiger partial charge in [-0.1, -0.05) is 19.8 Å². The first kappa shape index (κ1) is 15.4. The van der Waals surface area contributed by atoms with Gasteiger partial charge in [-0.25, -0.2) is 4.79 Å². The number of hydrogen-bond acceptors (Lipinski definition) is 4. The van der Waals surface area contributed by atoms with Gasteiger partial charge in [-0.3, -0.25) is 0 Å². The molecule has 0 aromatic carbocycles. The predicted octanol–water partition coefficient (Wildman–Crippen LogP) is 2.16. The Balaban J connectivity index is 3.78. The van der Waals surface area contributed by atoms with Crippen LogP contribution in [0.2, 0.25) is 0 Å². The van der Waals surface area contributed by atoms with Crippen molar-refractivity contribution in [3.05, 3.63) is 0 Å². The lowest BCUT2D eigenvalue weighted by Crippen LogP contribution is -2.27. The minimum Gasteiger partial charge on any atom is -0.467 e. The number of ether oxygens (including phenoxy) is 3. The largest absolute Gasteiger partial charge is 0.467 e. The molecule has 0 radical (unpaired) electrons. The van der Waals surface area contributed by atoms with E-state index in [1.807, 2.05) is 13.8 Å². The fourth-order valence-corrected chi connectivity index (χ4v) is 1.26. The van der Waals surface area contributed by atoms with E-state index in [9.17, 15) is 4.79 Å². The van der Waals surface area contributed by atoms with Crippen LogP contribution in [0.5, 0.6) is 0 Å². The summed E-state index contributed by atoms with van der Waals surface area (Å²) in [6.07, 6.45) is 2.46. The molecule has 0 aliphatic carbocycles. The zero-order chi connectivity index (χ0) is 12.4. The second-order valence-electron chi connectivity index (χ2n) is 3.94. The molecule has 0 bridgehead atoms. The second kappa shape index (κ2) is 9.60. The monoisotopic (exact) mass is 232 g/mol. The summed E-state index contributed by atoms with van der Waals surface area (Å²) in [5.41, 5.74) is 0. The van der Waals surface area contributed by atoms with Crippen LogP contribution in [0.25, 0.3) is 0 Å². The number of rotatable bonds is 9. The third-order valence-electron chi connectivity index (χ3n) is 2.14. The van der Waals surface area contributed by atoms with E-state index in [2.05, 4.69) is 11.7 Å². The lowest BCUT2D eigenvalue weighted by Gasteiger charge is -2.15. The molecular weight excluding hydrogens is 208 g/mol. The van der Waals surface area contributed by atoms with E-state index < -0.39 is 6.10 Å². The second-order valence-corrected chi connectivity index (χ2v) is 3.94. The third kappa shape index (κ3) is 7.65. The maximum atomic E-state index is 11.4. The maximum absolute atomic E-state index is 11.4. The molecular formula is C12H24O4. The van der Waals surface area contributed by atoms with E-state index in [1.54, 1.807) is 0 Å². The summed E-state index contributed by atoms with van der Waals surface area (Å²) in [6.45, 7) is 6.96. The van der Waals surface area contributed by atoms with Crippen molar-refractivity contribution in [2.24, 2.45) is 0 Å². The molecule has 0 aliphatic heterocycles. The van der Waals surface area contributed by atoms with Crippen molar-refractivity contribution in [2.45, 2.75) is 52.2 Å². The van der Waals surface area contributed by atoms with Gasteiger partial charge in [0.1, 0.15) is 0 Å². The van der Waals surface area contributed by atoms with Crippen molar-refractivity contribution in [1.82, 2.24) is 0 Å². The van der Waals surface area contributed by atoms with Crippen molar-refractivity contribution in [2.75, 3.05) is 20.3 Å². The summed E-state index contributed by atoms with van der Waals surface area (Å²) in [6, 6.07) is 0. The van der Waals surface area contributed by atoms with Gasteiger partial charge < -0.3 is 14.2 Å². The first-order chi connectivity index (χ1) is 7.61. The van der Waals surface area contributed by atoms with Gasteiger partial charge in [0.25, 0.3) is 0 Å². The Kier molecular flexibility index (Phi) is 9.24. The molecule has 1 atom stereocenters. The van der Waals surface area contributed by atoms with Crippen LogP contribution in [-0.4, -0.2) is 38.5 Å². The highest BCUT2D eigenvalue weighted by Crippen LogP contribution is 2.06. The third-order valence-corrected chi connectivity index (χ3v) is 2.14. The van der Waals surface area contributed by atoms with Gasteiger partial charge in [-0.15, -0.1) is 0 Å². The SMILES string of the molecule is CCCCC(OCCOC(C)C)C(=O)OC. The Morgan fingerprint density at radius 3 is 2.31 bits per heavy atom. The van der Waals surface area contributed by atoms with Crippen LogP contribution in [-0.2, 0) is 19.0 Å². The van der Waals surface area contributed by atoms with Gasteiger partial charge in [0.2, 0.25) is 0 Å². The van der Waals surface area contributed by atoms with Crippen LogP contribution in [0, 0.1) is 0 Å². The first-order valence-electron chi connectivity index (χ1n) is 5.92. The van der Waals surface area contributed by atoms with Crippen LogP contribution in [0.15, 0.2) is 0 Å². The summed E-state index contributed by atoms with van der Waals surface area (Å²) in [4.78, 5) is 11.4. The zero-order valence-corrected chi connectivity index (χ0v) is 10.8. The summed E-state index contributed by atoms with van der Waals surface area (Å²) < 4.78 is 15.5. The number of hydrogen-bond donors (Lipinski definition) is 0. The number of methoxy groups -OCH3 is 1. The van der Waals surface area contributed by atoms with Crippen molar-refractivity contribution in [1.29, 1.82) is 0 Å². The molecule has 0 saturated carbocycles. The molecule has 16 heavy (non-hydrogen) atoms. The number of carbonyl (C=O) groups is 1. The average Bonchev–Trinajstić information content (AvgIpc) is 2.26. The van der Waals surface area contributed by atoms with Gasteiger partial charge in [-0.05, 0) is 20.3 Å². The van der Waals surface area contributed by atoms with Crippen molar-refractivity contribution < 1.29 is 19.0 Å². The summed E-state index contributed by atoms with van der Waals surface area (Å²) in [5, 5.41) is 0. The molecule has 0 spiro atoms. The van der Waals surface area contributed by atoms with Crippen LogP contribution in [0.3, 0.4) is 0 Å². The van der Waals surface area contributed by atoms with Crippen molar-refractivity contribution >= 4 is 5.97 Å². The Hall–Kier alpha value is -0.610. The average molecular weight is 232 g/mol. The molecule has 1 unspecified atom stereocenters. The Labute approximate surface area is 98.3 Å². The summed E-state index contributed by atoms with van der Waals surface area (Å²) in [7, 11) is 1.38. The fraction of sp³-hybridized carbons (Fsp3) is 0.917. The summed E-state index contributed by atoms with van der Waals surface area (Å²) >= 11 is 0. The molecule has 4 nitrogen and oxygen atoms in total. The lowest BCUT2D eigenvalue weighted by atomic mass is 10.1. The molecule has 0 rings (SSSR count). The summed E-state index contributed by atoms with van der Waals surface area (Å²) in [5.74, 6) is -0.294. The minimum atomic E-state index is -0.444. The van der Waals surface area contributed by atoms with Crippen LogP contribution in [0.4, 0.5) is 0 Å². The van der Waals surface area contributed by atoms with E-state index in [0.717, 1.165) is 12.8 Å². The van der Waals surface area contributed by atoms with E-state index in [4.69, 9.17) is 9.47 Å². The highest BCUT2D eigenvalue weighted by Gasteiger charge is 2.18. The maximum Gasteiger partial charge on any atom is 0.334 e. The van der Waals surface area contributed by atoms with Crippen LogP contribution >= 0.6 is 0 Å². The van der Waals surface area contributed by atoms with Gasteiger partial charge in [0.15, 0.2) is 6.10 Å². The van der Waals surface area contributed by atoms with Crippen molar-refractivity contribution in [3.8, 4) is 0 Å². The van der Waals surface area contributed by atoms with Gasteiger partial charge in [-0.2, -0.15) is 0 Å². The zero-order valence-electron chi connectivity index (χ0n) is 10.8. The fourth-order valence-electron chi connectivity index (χ4n) is 1.26. The highest BCUT2D eigenvalue weighted by molar-refractivity contribution is 5.74. The Morgan fingerprint density at radius 1 is 1.19 bits per heavy atom. The van der Waals surface area contributed by atoms with Gasteiger partial charge >= 0.3 is 5.97 Å².